The fraction of sp³-hybridized carbons (Fsp3) is 0.333. The van der Waals surface area contributed by atoms with Crippen molar-refractivity contribution in [2.24, 2.45) is 0 Å². The number of hydrogen-bond donors (Lipinski definition) is 0. The van der Waals surface area contributed by atoms with Crippen molar-refractivity contribution in [3.05, 3.63) is 41.7 Å². The number of ether oxygens (including phenoxy) is 1. The molecular weight excluding hydrogens is 232 g/mol. The molecule has 0 saturated heterocycles. The molecular formula is C12H14N4O2. The fourth-order valence-corrected chi connectivity index (χ4v) is 1.60. The quantitative estimate of drug-likeness (QED) is 0.731. The molecule has 0 N–H and O–H groups in total. The molecule has 0 atom stereocenters. The van der Waals surface area contributed by atoms with Crippen molar-refractivity contribution in [3.63, 3.8) is 0 Å². The predicted molar refractivity (Wildman–Crippen MR) is 63.7 cm³/mol. The first-order chi connectivity index (χ1) is 8.79. The summed E-state index contributed by atoms with van der Waals surface area (Å²) in [4.78, 5) is 11.1. The van der Waals surface area contributed by atoms with E-state index in [0.717, 1.165) is 5.56 Å². The molecule has 0 saturated carbocycles. The zero-order valence-corrected chi connectivity index (χ0v) is 10.1. The number of aromatic nitrogens is 4. The van der Waals surface area contributed by atoms with Crippen LogP contribution in [0.15, 0.2) is 30.3 Å². The summed E-state index contributed by atoms with van der Waals surface area (Å²) in [7, 11) is 1.37. The lowest BCUT2D eigenvalue weighted by atomic mass is 10.2. The van der Waals surface area contributed by atoms with Crippen LogP contribution in [-0.4, -0.2) is 33.3 Å². The molecule has 6 nitrogen and oxygen atoms in total. The summed E-state index contributed by atoms with van der Waals surface area (Å²) in [6, 6.07) is 9.90. The van der Waals surface area contributed by atoms with E-state index in [4.69, 9.17) is 0 Å². The fourth-order valence-electron chi connectivity index (χ4n) is 1.60. The van der Waals surface area contributed by atoms with E-state index in [1.807, 2.05) is 30.3 Å². The lowest BCUT2D eigenvalue weighted by Crippen LogP contribution is -2.10. The number of hydrogen-bond acceptors (Lipinski definition) is 5. The first-order valence-corrected chi connectivity index (χ1v) is 5.65. The minimum absolute atomic E-state index is 0.260. The van der Waals surface area contributed by atoms with Crippen LogP contribution < -0.4 is 0 Å². The van der Waals surface area contributed by atoms with Crippen LogP contribution >= 0.6 is 0 Å². The second kappa shape index (κ2) is 5.90. The Morgan fingerprint density at radius 3 is 2.83 bits per heavy atom. The molecule has 6 heteroatoms. The van der Waals surface area contributed by atoms with E-state index in [9.17, 15) is 4.79 Å². The van der Waals surface area contributed by atoms with Gasteiger partial charge in [0.05, 0.1) is 20.1 Å². The largest absolute Gasteiger partial charge is 0.469 e. The Labute approximate surface area is 105 Å². The van der Waals surface area contributed by atoms with Crippen LogP contribution in [0.2, 0.25) is 0 Å². The first kappa shape index (κ1) is 12.2. The molecule has 0 aliphatic rings. The summed E-state index contributed by atoms with van der Waals surface area (Å²) in [6.45, 7) is 0.602. The van der Waals surface area contributed by atoms with Crippen LogP contribution in [0.5, 0.6) is 0 Å². The van der Waals surface area contributed by atoms with Crippen molar-refractivity contribution in [2.75, 3.05) is 7.11 Å². The molecule has 1 heterocycles. The maximum atomic E-state index is 11.1. The van der Waals surface area contributed by atoms with Gasteiger partial charge in [-0.05, 0) is 16.0 Å². The number of methoxy groups -OCH3 is 1. The van der Waals surface area contributed by atoms with Gasteiger partial charge in [-0.1, -0.05) is 30.3 Å². The van der Waals surface area contributed by atoms with E-state index in [2.05, 4.69) is 20.3 Å². The van der Waals surface area contributed by atoms with Gasteiger partial charge in [-0.15, -0.1) is 5.10 Å². The highest BCUT2D eigenvalue weighted by Crippen LogP contribution is 2.04. The smallest absolute Gasteiger partial charge is 0.305 e. The molecule has 1 aromatic carbocycles. The van der Waals surface area contributed by atoms with E-state index in [-0.39, 0.29) is 12.4 Å². The van der Waals surface area contributed by atoms with Crippen LogP contribution in [0.3, 0.4) is 0 Å². The van der Waals surface area contributed by atoms with Crippen LogP contribution in [0.25, 0.3) is 0 Å². The van der Waals surface area contributed by atoms with Crippen molar-refractivity contribution in [1.29, 1.82) is 0 Å². The highest BCUT2D eigenvalue weighted by molar-refractivity contribution is 5.69. The number of esters is 1. The maximum Gasteiger partial charge on any atom is 0.305 e. The third-order valence-electron chi connectivity index (χ3n) is 2.56. The molecule has 0 amide bonds. The number of tetrazole rings is 1. The Morgan fingerprint density at radius 2 is 2.11 bits per heavy atom. The van der Waals surface area contributed by atoms with Crippen molar-refractivity contribution in [3.8, 4) is 0 Å². The molecule has 0 aliphatic carbocycles. The molecule has 1 aromatic heterocycles. The number of benzene rings is 1. The highest BCUT2D eigenvalue weighted by Gasteiger charge is 2.09. The number of nitrogens with zero attached hydrogens (tertiary/aromatic N) is 4. The molecule has 2 aromatic rings. The van der Waals surface area contributed by atoms with Crippen LogP contribution in [-0.2, 0) is 22.5 Å². The van der Waals surface area contributed by atoms with Gasteiger partial charge in [0.2, 0.25) is 0 Å². The number of rotatable bonds is 5. The normalized spacial score (nSPS) is 10.3. The lowest BCUT2D eigenvalue weighted by Gasteiger charge is -2.04. The standard InChI is InChI=1S/C12H14N4O2/c1-18-12(17)8-7-11-13-14-15-16(11)9-10-5-3-2-4-6-10/h2-6H,7-9H2,1H3. The molecule has 2 rings (SSSR count). The zero-order valence-electron chi connectivity index (χ0n) is 10.1. The second-order valence-corrected chi connectivity index (χ2v) is 3.81. The summed E-state index contributed by atoms with van der Waals surface area (Å²) >= 11 is 0. The van der Waals surface area contributed by atoms with Gasteiger partial charge in [0, 0.05) is 6.42 Å². The Kier molecular flexibility index (Phi) is 4.01. The molecule has 0 radical (unpaired) electrons. The Hall–Kier alpha value is -2.24. The SMILES string of the molecule is COC(=O)CCc1nnnn1Cc1ccccc1. The zero-order chi connectivity index (χ0) is 12.8. The van der Waals surface area contributed by atoms with Gasteiger partial charge in [-0.25, -0.2) is 4.68 Å². The molecule has 0 spiro atoms. The molecule has 94 valence electrons. The van der Waals surface area contributed by atoms with Gasteiger partial charge < -0.3 is 4.74 Å². The Bertz CT molecular complexity index is 510. The van der Waals surface area contributed by atoms with Gasteiger partial charge in [0.25, 0.3) is 0 Å². The number of carbonyl (C=O) groups excluding carboxylic acids is 1. The summed E-state index contributed by atoms with van der Waals surface area (Å²) in [5, 5.41) is 11.5. The van der Waals surface area contributed by atoms with Crippen molar-refractivity contribution in [1.82, 2.24) is 20.2 Å². The minimum atomic E-state index is -0.260. The third kappa shape index (κ3) is 3.13. The predicted octanol–water partition coefficient (Wildman–Crippen LogP) is 0.827. The summed E-state index contributed by atoms with van der Waals surface area (Å²) in [5.41, 5.74) is 1.11. The van der Waals surface area contributed by atoms with Gasteiger partial charge in [-0.2, -0.15) is 0 Å². The van der Waals surface area contributed by atoms with Crippen LogP contribution in [0, 0.1) is 0 Å². The summed E-state index contributed by atoms with van der Waals surface area (Å²) < 4.78 is 6.28. The maximum absolute atomic E-state index is 11.1. The van der Waals surface area contributed by atoms with E-state index in [1.54, 1.807) is 4.68 Å². The molecule has 18 heavy (non-hydrogen) atoms. The number of carbonyl (C=O) groups is 1. The highest BCUT2D eigenvalue weighted by atomic mass is 16.5. The van der Waals surface area contributed by atoms with Gasteiger partial charge in [0.1, 0.15) is 0 Å². The van der Waals surface area contributed by atoms with Gasteiger partial charge in [-0.3, -0.25) is 4.79 Å². The second-order valence-electron chi connectivity index (χ2n) is 3.81. The van der Waals surface area contributed by atoms with E-state index < -0.39 is 0 Å². The average Bonchev–Trinajstić information content (AvgIpc) is 2.84. The lowest BCUT2D eigenvalue weighted by molar-refractivity contribution is -0.140. The molecule has 0 bridgehead atoms. The molecule has 0 unspecified atom stereocenters. The number of aryl methyl sites for hydroxylation is 1. The Morgan fingerprint density at radius 1 is 1.33 bits per heavy atom. The Balaban J connectivity index is 2.02. The van der Waals surface area contributed by atoms with Crippen molar-refractivity contribution >= 4 is 5.97 Å². The summed E-state index contributed by atoms with van der Waals surface area (Å²) in [6.07, 6.45) is 0.762. The summed E-state index contributed by atoms with van der Waals surface area (Å²) in [5.74, 6) is 0.425. The topological polar surface area (TPSA) is 69.9 Å². The molecule has 0 fully saturated rings. The van der Waals surface area contributed by atoms with Crippen LogP contribution in [0.4, 0.5) is 0 Å². The van der Waals surface area contributed by atoms with Gasteiger partial charge >= 0.3 is 5.97 Å². The first-order valence-electron chi connectivity index (χ1n) is 5.65. The monoisotopic (exact) mass is 246 g/mol. The average molecular weight is 246 g/mol. The van der Waals surface area contributed by atoms with E-state index in [1.165, 1.54) is 7.11 Å². The van der Waals surface area contributed by atoms with Gasteiger partial charge in [0.15, 0.2) is 5.82 Å². The molecule has 0 aliphatic heterocycles. The van der Waals surface area contributed by atoms with Crippen molar-refractivity contribution < 1.29 is 9.53 Å². The van der Waals surface area contributed by atoms with Crippen molar-refractivity contribution in [2.45, 2.75) is 19.4 Å². The van der Waals surface area contributed by atoms with E-state index >= 15 is 0 Å². The van der Waals surface area contributed by atoms with E-state index in [0.29, 0.717) is 18.8 Å². The third-order valence-corrected chi connectivity index (χ3v) is 2.56. The minimum Gasteiger partial charge on any atom is -0.469 e. The van der Waals surface area contributed by atoms with Crippen LogP contribution in [0.1, 0.15) is 17.8 Å².